The van der Waals surface area contributed by atoms with Gasteiger partial charge in [0.25, 0.3) is 0 Å². The SMILES string of the molecule is CSCCC(NC(=O)C(N)CCC(N)=O)C(=O)NC(CCC(N)=O)C(=O)NC(CC(=O)O)C(=O)O. The minimum Gasteiger partial charge on any atom is -0.481 e. The van der Waals surface area contributed by atoms with Crippen LogP contribution in [0.25, 0.3) is 0 Å². The second-order valence-corrected chi connectivity index (χ2v) is 8.50. The van der Waals surface area contributed by atoms with E-state index < -0.39 is 72.1 Å². The minimum absolute atomic E-state index is 0.0537. The summed E-state index contributed by atoms with van der Waals surface area (Å²) < 4.78 is 0. The number of amides is 5. The molecule has 0 aliphatic heterocycles. The summed E-state index contributed by atoms with van der Waals surface area (Å²) in [5, 5.41) is 24.7. The molecule has 0 saturated heterocycles. The van der Waals surface area contributed by atoms with Crippen LogP contribution in [0.4, 0.5) is 0 Å². The lowest BCUT2D eigenvalue weighted by molar-refractivity contribution is -0.147. The molecule has 15 nitrogen and oxygen atoms in total. The summed E-state index contributed by atoms with van der Waals surface area (Å²) in [5.74, 6) is -6.75. The van der Waals surface area contributed by atoms with Crippen molar-refractivity contribution < 1.29 is 43.8 Å². The number of thioether (sulfide) groups is 1. The Bertz CT molecular complexity index is 810. The van der Waals surface area contributed by atoms with E-state index in [2.05, 4.69) is 10.6 Å². The maximum absolute atomic E-state index is 12.9. The molecule has 11 N–H and O–H groups in total. The first-order valence-electron chi connectivity index (χ1n) is 10.4. The molecule has 198 valence electrons. The number of carbonyl (C=O) groups excluding carboxylic acids is 5. The van der Waals surface area contributed by atoms with E-state index in [1.54, 1.807) is 6.26 Å². The third-order valence-electron chi connectivity index (χ3n) is 4.59. The number of carbonyl (C=O) groups is 7. The van der Waals surface area contributed by atoms with E-state index >= 15 is 0 Å². The Morgan fingerprint density at radius 2 is 1.20 bits per heavy atom. The quantitative estimate of drug-likeness (QED) is 0.0882. The second kappa shape index (κ2) is 16.3. The van der Waals surface area contributed by atoms with E-state index in [1.165, 1.54) is 11.8 Å². The molecule has 0 fully saturated rings. The number of carboxylic acid groups (broad SMARTS) is 2. The van der Waals surface area contributed by atoms with Gasteiger partial charge in [-0.1, -0.05) is 0 Å². The van der Waals surface area contributed by atoms with Gasteiger partial charge in [-0.05, 0) is 31.3 Å². The van der Waals surface area contributed by atoms with E-state index in [9.17, 15) is 33.6 Å². The van der Waals surface area contributed by atoms with Crippen molar-refractivity contribution in [1.82, 2.24) is 16.0 Å². The molecule has 0 saturated carbocycles. The lowest BCUT2D eigenvalue weighted by atomic mass is 10.1. The van der Waals surface area contributed by atoms with Crippen LogP contribution in [0.3, 0.4) is 0 Å². The summed E-state index contributed by atoms with van der Waals surface area (Å²) in [6.07, 6.45) is 0.0966. The van der Waals surface area contributed by atoms with E-state index in [0.717, 1.165) is 0 Å². The lowest BCUT2D eigenvalue weighted by Crippen LogP contribution is -2.57. The molecule has 4 atom stereocenters. The first-order chi connectivity index (χ1) is 16.3. The summed E-state index contributed by atoms with van der Waals surface area (Å²) in [5.41, 5.74) is 15.9. The van der Waals surface area contributed by atoms with Crippen LogP contribution >= 0.6 is 11.8 Å². The fraction of sp³-hybridized carbons (Fsp3) is 0.632. The average Bonchev–Trinajstić information content (AvgIpc) is 2.76. The molecule has 0 bridgehead atoms. The van der Waals surface area contributed by atoms with Crippen molar-refractivity contribution >= 4 is 53.2 Å². The van der Waals surface area contributed by atoms with Gasteiger partial charge < -0.3 is 43.4 Å². The van der Waals surface area contributed by atoms with Gasteiger partial charge in [0.2, 0.25) is 29.5 Å². The highest BCUT2D eigenvalue weighted by atomic mass is 32.2. The summed E-state index contributed by atoms with van der Waals surface area (Å²) in [6.45, 7) is 0. The Morgan fingerprint density at radius 1 is 0.743 bits per heavy atom. The molecule has 0 aromatic heterocycles. The van der Waals surface area contributed by atoms with Crippen LogP contribution < -0.4 is 33.2 Å². The molecule has 4 unspecified atom stereocenters. The predicted octanol–water partition coefficient (Wildman–Crippen LogP) is -3.39. The first-order valence-corrected chi connectivity index (χ1v) is 11.8. The summed E-state index contributed by atoms with van der Waals surface area (Å²) in [6, 6.07) is -5.53. The van der Waals surface area contributed by atoms with Gasteiger partial charge in [0, 0.05) is 12.8 Å². The second-order valence-electron chi connectivity index (χ2n) is 7.52. The van der Waals surface area contributed by atoms with E-state index in [1.807, 2.05) is 5.32 Å². The van der Waals surface area contributed by atoms with Crippen molar-refractivity contribution in [1.29, 1.82) is 0 Å². The van der Waals surface area contributed by atoms with Gasteiger partial charge in [0.1, 0.15) is 18.1 Å². The topological polar surface area (TPSA) is 274 Å². The first kappa shape index (κ1) is 31.6. The van der Waals surface area contributed by atoms with Crippen molar-refractivity contribution in [2.45, 2.75) is 62.7 Å². The molecular weight excluding hydrogens is 488 g/mol. The Balaban J connectivity index is 5.53. The van der Waals surface area contributed by atoms with Gasteiger partial charge in [0.15, 0.2) is 0 Å². The number of rotatable bonds is 18. The van der Waals surface area contributed by atoms with Crippen LogP contribution in [-0.4, -0.2) is 87.9 Å². The fourth-order valence-electron chi connectivity index (χ4n) is 2.69. The molecule has 0 aromatic carbocycles. The maximum atomic E-state index is 12.9. The highest BCUT2D eigenvalue weighted by molar-refractivity contribution is 7.98. The van der Waals surface area contributed by atoms with Gasteiger partial charge in [0.05, 0.1) is 12.5 Å². The molecule has 0 aliphatic carbocycles. The Kier molecular flexibility index (Phi) is 14.7. The van der Waals surface area contributed by atoms with Gasteiger partial charge in [-0.2, -0.15) is 11.8 Å². The Hall–Kier alpha value is -3.40. The van der Waals surface area contributed by atoms with Crippen LogP contribution in [0, 0.1) is 0 Å². The Labute approximate surface area is 205 Å². The number of hydrogen-bond acceptors (Lipinski definition) is 9. The van der Waals surface area contributed by atoms with Crippen LogP contribution in [0.5, 0.6) is 0 Å². The number of nitrogens with one attached hydrogen (secondary N) is 3. The van der Waals surface area contributed by atoms with Gasteiger partial charge in [-0.3, -0.25) is 28.8 Å². The van der Waals surface area contributed by atoms with E-state index in [4.69, 9.17) is 27.4 Å². The molecule has 0 aromatic rings. The summed E-state index contributed by atoms with van der Waals surface area (Å²) >= 11 is 1.37. The number of aliphatic carboxylic acids is 2. The Morgan fingerprint density at radius 3 is 1.66 bits per heavy atom. The zero-order valence-corrected chi connectivity index (χ0v) is 20.0. The highest BCUT2D eigenvalue weighted by Gasteiger charge is 2.31. The van der Waals surface area contributed by atoms with Crippen LogP contribution in [0.1, 0.15) is 38.5 Å². The molecule has 0 spiro atoms. The average molecular weight is 521 g/mol. The van der Waals surface area contributed by atoms with Gasteiger partial charge >= 0.3 is 11.9 Å². The fourth-order valence-corrected chi connectivity index (χ4v) is 3.16. The predicted molar refractivity (Wildman–Crippen MR) is 124 cm³/mol. The van der Waals surface area contributed by atoms with Crippen molar-refractivity contribution in [3.63, 3.8) is 0 Å². The molecule has 0 aliphatic rings. The largest absolute Gasteiger partial charge is 0.481 e. The zero-order chi connectivity index (χ0) is 27.1. The van der Waals surface area contributed by atoms with Crippen molar-refractivity contribution in [3.8, 4) is 0 Å². The maximum Gasteiger partial charge on any atom is 0.326 e. The molecule has 16 heteroatoms. The smallest absolute Gasteiger partial charge is 0.326 e. The molecule has 5 amide bonds. The number of primary amides is 2. The van der Waals surface area contributed by atoms with Crippen LogP contribution in [0.15, 0.2) is 0 Å². The lowest BCUT2D eigenvalue weighted by Gasteiger charge is -2.25. The zero-order valence-electron chi connectivity index (χ0n) is 19.2. The van der Waals surface area contributed by atoms with Crippen molar-refractivity contribution in [2.75, 3.05) is 12.0 Å². The van der Waals surface area contributed by atoms with Crippen LogP contribution in [0.2, 0.25) is 0 Å². The highest BCUT2D eigenvalue weighted by Crippen LogP contribution is 2.06. The van der Waals surface area contributed by atoms with Gasteiger partial charge in [-0.25, -0.2) is 4.79 Å². The van der Waals surface area contributed by atoms with Crippen molar-refractivity contribution in [3.05, 3.63) is 0 Å². The van der Waals surface area contributed by atoms with E-state index in [-0.39, 0.29) is 32.1 Å². The number of nitrogens with two attached hydrogens (primary N) is 3. The summed E-state index contributed by atoms with van der Waals surface area (Å²) in [7, 11) is 0. The molecule has 0 heterocycles. The standard InChI is InChI=1S/C19H32N6O9S/c1-35-7-6-11(23-16(30)9(20)2-4-13(21)26)18(32)24-10(3-5-14(22)27)17(31)25-12(19(33)34)8-15(28)29/h9-12H,2-8,20H2,1H3,(H2,21,26)(H2,22,27)(H,23,30)(H,24,32)(H,25,31)(H,28,29)(H,33,34). The minimum atomic E-state index is -1.79. The third-order valence-corrected chi connectivity index (χ3v) is 5.23. The van der Waals surface area contributed by atoms with Gasteiger partial charge in [-0.15, -0.1) is 0 Å². The normalized spacial score (nSPS) is 14.0. The third kappa shape index (κ3) is 13.8. The molecular formula is C19H32N6O9S. The number of hydrogen-bond donors (Lipinski definition) is 8. The molecule has 35 heavy (non-hydrogen) atoms. The molecule has 0 radical (unpaired) electrons. The number of carboxylic acids is 2. The summed E-state index contributed by atoms with van der Waals surface area (Å²) in [4.78, 5) is 82.1. The van der Waals surface area contributed by atoms with Crippen molar-refractivity contribution in [2.24, 2.45) is 17.2 Å². The van der Waals surface area contributed by atoms with E-state index in [0.29, 0.717) is 5.75 Å². The monoisotopic (exact) mass is 520 g/mol. The van der Waals surface area contributed by atoms with Crippen LogP contribution in [-0.2, 0) is 33.6 Å². The molecule has 0 rings (SSSR count).